The first-order valence-electron chi connectivity index (χ1n) is 8.50. The summed E-state index contributed by atoms with van der Waals surface area (Å²) in [6.45, 7) is 5.84. The zero-order chi connectivity index (χ0) is 20.2. The van der Waals surface area contributed by atoms with Crippen molar-refractivity contribution in [2.24, 2.45) is 0 Å². The van der Waals surface area contributed by atoms with Gasteiger partial charge in [0.1, 0.15) is 10.7 Å². The molecule has 27 heavy (non-hydrogen) atoms. The predicted molar refractivity (Wildman–Crippen MR) is 102 cm³/mol. The molecule has 1 N–H and O–H groups in total. The molecule has 0 saturated heterocycles. The van der Waals surface area contributed by atoms with Crippen molar-refractivity contribution in [2.45, 2.75) is 36.6 Å². The molecule has 0 bridgehead atoms. The Hall–Kier alpha value is -1.81. The number of hydrogen-bond donors (Lipinski definition) is 1. The fourth-order valence-corrected chi connectivity index (χ4v) is 5.44. The van der Waals surface area contributed by atoms with Gasteiger partial charge in [0.15, 0.2) is 0 Å². The van der Waals surface area contributed by atoms with E-state index in [1.165, 1.54) is 34.6 Å². The van der Waals surface area contributed by atoms with Crippen LogP contribution in [-0.2, 0) is 20.0 Å². The molecule has 148 valence electrons. The van der Waals surface area contributed by atoms with Crippen LogP contribution in [-0.4, -0.2) is 34.2 Å². The Kier molecular flexibility index (Phi) is 6.74. The first kappa shape index (κ1) is 21.5. The van der Waals surface area contributed by atoms with Crippen molar-refractivity contribution >= 4 is 20.0 Å². The lowest BCUT2D eigenvalue weighted by Crippen LogP contribution is -2.30. The summed E-state index contributed by atoms with van der Waals surface area (Å²) < 4.78 is 67.3. The minimum Gasteiger partial charge on any atom is -0.207 e. The lowest BCUT2D eigenvalue weighted by molar-refractivity contribution is 0.445. The first-order valence-corrected chi connectivity index (χ1v) is 11.4. The van der Waals surface area contributed by atoms with Crippen molar-refractivity contribution in [1.82, 2.24) is 9.03 Å². The minimum atomic E-state index is -4.05. The average Bonchev–Trinajstić information content (AvgIpc) is 2.62. The molecule has 0 saturated carbocycles. The summed E-state index contributed by atoms with van der Waals surface area (Å²) in [6, 6.07) is 10.4. The van der Waals surface area contributed by atoms with Crippen LogP contribution in [0, 0.1) is 5.82 Å². The molecule has 0 heterocycles. The van der Waals surface area contributed by atoms with E-state index < -0.39 is 36.8 Å². The van der Waals surface area contributed by atoms with E-state index in [2.05, 4.69) is 4.72 Å². The largest absolute Gasteiger partial charge is 0.244 e. The van der Waals surface area contributed by atoms with E-state index in [0.29, 0.717) is 18.7 Å². The second kappa shape index (κ2) is 8.47. The molecule has 0 aliphatic rings. The topological polar surface area (TPSA) is 83.6 Å². The van der Waals surface area contributed by atoms with Crippen LogP contribution in [0.4, 0.5) is 4.39 Å². The second-order valence-electron chi connectivity index (χ2n) is 5.93. The van der Waals surface area contributed by atoms with Gasteiger partial charge in [-0.1, -0.05) is 38.1 Å². The third-order valence-corrected chi connectivity index (χ3v) is 7.82. The molecule has 6 nitrogen and oxygen atoms in total. The first-order chi connectivity index (χ1) is 12.6. The highest BCUT2D eigenvalue weighted by atomic mass is 32.2. The molecule has 0 unspecified atom stereocenters. The maximum absolute atomic E-state index is 13.8. The Balaban J connectivity index is 2.24. The van der Waals surface area contributed by atoms with E-state index in [4.69, 9.17) is 0 Å². The Morgan fingerprint density at radius 1 is 0.963 bits per heavy atom. The lowest BCUT2D eigenvalue weighted by Gasteiger charge is -2.19. The highest BCUT2D eigenvalue weighted by Crippen LogP contribution is 2.22. The van der Waals surface area contributed by atoms with Crippen LogP contribution in [0.5, 0.6) is 0 Å². The summed E-state index contributed by atoms with van der Waals surface area (Å²) in [6.07, 6.45) is 0. The van der Waals surface area contributed by atoms with Gasteiger partial charge in [0.05, 0.1) is 4.90 Å². The monoisotopic (exact) mass is 414 g/mol. The zero-order valence-corrected chi connectivity index (χ0v) is 17.0. The Bertz CT molecular complexity index is 986. The van der Waals surface area contributed by atoms with E-state index in [0.717, 1.165) is 6.07 Å². The molecule has 0 amide bonds. The molecule has 1 atom stereocenters. The Labute approximate surface area is 160 Å². The normalized spacial score (nSPS) is 13.7. The van der Waals surface area contributed by atoms with Crippen molar-refractivity contribution in [3.05, 3.63) is 59.9 Å². The second-order valence-corrected chi connectivity index (χ2v) is 9.55. The van der Waals surface area contributed by atoms with Gasteiger partial charge in [0, 0.05) is 19.1 Å². The Morgan fingerprint density at radius 2 is 1.52 bits per heavy atom. The maximum Gasteiger partial charge on any atom is 0.244 e. The van der Waals surface area contributed by atoms with E-state index in [9.17, 15) is 21.2 Å². The van der Waals surface area contributed by atoms with Gasteiger partial charge in [0.25, 0.3) is 0 Å². The highest BCUT2D eigenvalue weighted by molar-refractivity contribution is 7.89. The SMILES string of the molecule is CCN(CC)S(=O)(=O)c1ccc([C@H](C)NS(=O)(=O)c2ccccc2F)cc1. The number of sulfonamides is 2. The van der Waals surface area contributed by atoms with Gasteiger partial charge in [-0.25, -0.2) is 25.9 Å². The van der Waals surface area contributed by atoms with Gasteiger partial charge in [-0.05, 0) is 36.8 Å². The number of halogens is 1. The van der Waals surface area contributed by atoms with Crippen LogP contribution >= 0.6 is 0 Å². The smallest absolute Gasteiger partial charge is 0.207 e. The van der Waals surface area contributed by atoms with Crippen LogP contribution in [0.3, 0.4) is 0 Å². The molecule has 2 rings (SSSR count). The summed E-state index contributed by atoms with van der Waals surface area (Å²) in [5.41, 5.74) is 0.563. The van der Waals surface area contributed by atoms with Gasteiger partial charge in [-0.2, -0.15) is 4.31 Å². The number of hydrogen-bond acceptors (Lipinski definition) is 4. The molecule has 9 heteroatoms. The third-order valence-electron chi connectivity index (χ3n) is 4.18. The summed E-state index contributed by atoms with van der Waals surface area (Å²) in [7, 11) is -7.63. The molecule has 0 aromatic heterocycles. The van der Waals surface area contributed by atoms with E-state index in [1.54, 1.807) is 32.9 Å². The van der Waals surface area contributed by atoms with E-state index in [1.807, 2.05) is 0 Å². The predicted octanol–water partition coefficient (Wildman–Crippen LogP) is 2.90. The minimum absolute atomic E-state index is 0.138. The number of nitrogens with one attached hydrogen (secondary N) is 1. The van der Waals surface area contributed by atoms with Gasteiger partial charge < -0.3 is 0 Å². The van der Waals surface area contributed by atoms with Crippen molar-refractivity contribution < 1.29 is 21.2 Å². The standard InChI is InChI=1S/C18H23FN2O4S2/c1-4-21(5-2)27(24,25)16-12-10-15(11-13-16)14(3)20-26(22,23)18-9-7-6-8-17(18)19/h6-14,20H,4-5H2,1-3H3/t14-/m0/s1. The summed E-state index contributed by atoms with van der Waals surface area (Å²) in [5, 5.41) is 0. The molecule has 0 fully saturated rings. The fraction of sp³-hybridized carbons (Fsp3) is 0.333. The molecule has 0 radical (unpaired) electrons. The summed E-state index contributed by atoms with van der Waals surface area (Å²) in [4.78, 5) is -0.295. The van der Waals surface area contributed by atoms with Crippen molar-refractivity contribution in [3.8, 4) is 0 Å². The average molecular weight is 415 g/mol. The maximum atomic E-state index is 13.8. The van der Waals surface area contributed by atoms with Crippen molar-refractivity contribution in [2.75, 3.05) is 13.1 Å². The zero-order valence-electron chi connectivity index (χ0n) is 15.4. The van der Waals surface area contributed by atoms with Gasteiger partial charge in [-0.15, -0.1) is 0 Å². The molecular weight excluding hydrogens is 391 g/mol. The lowest BCUT2D eigenvalue weighted by atomic mass is 10.1. The third kappa shape index (κ3) is 4.73. The number of benzene rings is 2. The van der Waals surface area contributed by atoms with Gasteiger partial charge >= 0.3 is 0 Å². The van der Waals surface area contributed by atoms with Crippen LogP contribution in [0.15, 0.2) is 58.3 Å². The van der Waals surface area contributed by atoms with E-state index in [-0.39, 0.29) is 4.90 Å². The number of rotatable bonds is 8. The Morgan fingerprint density at radius 3 is 2.04 bits per heavy atom. The van der Waals surface area contributed by atoms with Crippen LogP contribution in [0.2, 0.25) is 0 Å². The van der Waals surface area contributed by atoms with Crippen LogP contribution < -0.4 is 4.72 Å². The van der Waals surface area contributed by atoms with Crippen molar-refractivity contribution in [3.63, 3.8) is 0 Å². The van der Waals surface area contributed by atoms with Crippen LogP contribution in [0.25, 0.3) is 0 Å². The molecular formula is C18H23FN2O4S2. The van der Waals surface area contributed by atoms with E-state index >= 15 is 0 Å². The van der Waals surface area contributed by atoms with Gasteiger partial charge in [0.2, 0.25) is 20.0 Å². The quantitative estimate of drug-likeness (QED) is 0.720. The van der Waals surface area contributed by atoms with Crippen LogP contribution in [0.1, 0.15) is 32.4 Å². The summed E-state index contributed by atoms with van der Waals surface area (Å²) in [5.74, 6) is -0.835. The number of nitrogens with zero attached hydrogens (tertiary/aromatic N) is 1. The molecule has 2 aromatic carbocycles. The van der Waals surface area contributed by atoms with Crippen molar-refractivity contribution in [1.29, 1.82) is 0 Å². The fourth-order valence-electron chi connectivity index (χ4n) is 2.67. The molecule has 0 spiro atoms. The van der Waals surface area contributed by atoms with Gasteiger partial charge in [-0.3, -0.25) is 0 Å². The summed E-state index contributed by atoms with van der Waals surface area (Å²) >= 11 is 0. The molecule has 0 aliphatic heterocycles. The molecule has 2 aromatic rings. The molecule has 0 aliphatic carbocycles. The highest BCUT2D eigenvalue weighted by Gasteiger charge is 2.24.